The van der Waals surface area contributed by atoms with Gasteiger partial charge in [-0.25, -0.2) is 9.07 Å². The predicted molar refractivity (Wildman–Crippen MR) is 126 cm³/mol. The molecule has 0 saturated carbocycles. The minimum atomic E-state index is -4.64. The molecule has 36 heavy (non-hydrogen) atoms. The maximum atomic E-state index is 13.6. The van der Waals surface area contributed by atoms with Crippen molar-refractivity contribution >= 4 is 22.4 Å². The van der Waals surface area contributed by atoms with Gasteiger partial charge in [0.1, 0.15) is 5.82 Å². The van der Waals surface area contributed by atoms with Crippen molar-refractivity contribution < 1.29 is 22.4 Å². The van der Waals surface area contributed by atoms with Gasteiger partial charge in [0.15, 0.2) is 5.69 Å². The highest BCUT2D eigenvalue weighted by atomic mass is 19.4. The van der Waals surface area contributed by atoms with Crippen molar-refractivity contribution in [3.8, 4) is 5.69 Å². The van der Waals surface area contributed by atoms with Crippen molar-refractivity contribution in [1.82, 2.24) is 19.7 Å². The van der Waals surface area contributed by atoms with E-state index < -0.39 is 28.8 Å². The molecule has 4 aromatic rings. The van der Waals surface area contributed by atoms with Crippen LogP contribution in [0.2, 0.25) is 0 Å². The summed E-state index contributed by atoms with van der Waals surface area (Å²) in [6.45, 7) is 1.93. The van der Waals surface area contributed by atoms with Crippen LogP contribution in [0.4, 0.5) is 17.6 Å². The third-order valence-electron chi connectivity index (χ3n) is 6.23. The fourth-order valence-electron chi connectivity index (χ4n) is 4.45. The van der Waals surface area contributed by atoms with E-state index in [-0.39, 0.29) is 30.3 Å². The molecule has 0 spiro atoms. The van der Waals surface area contributed by atoms with Gasteiger partial charge in [0.2, 0.25) is 5.43 Å². The molecule has 2 aromatic carbocycles. The van der Waals surface area contributed by atoms with E-state index in [1.54, 1.807) is 12.3 Å². The van der Waals surface area contributed by atoms with Crippen LogP contribution in [0.1, 0.15) is 33.7 Å². The highest BCUT2D eigenvalue weighted by Gasteiger charge is 2.34. The summed E-state index contributed by atoms with van der Waals surface area (Å²) in [6.07, 6.45) is -0.530. The molecule has 0 fully saturated rings. The molecule has 0 atom stereocenters. The number of halogens is 4. The number of hydrogen-bond donors (Lipinski definition) is 1. The minimum Gasteiger partial charge on any atom is -0.360 e. The first kappa shape index (κ1) is 23.5. The molecule has 3 heterocycles. The summed E-state index contributed by atoms with van der Waals surface area (Å²) in [5.41, 5.74) is 0.392. The molecule has 1 aliphatic rings. The second kappa shape index (κ2) is 8.78. The standard InChI is InChI=1S/C26H20F4N4O2/c1-15-12-23(35)24(32-34(15)22-5-3-2-4-20(22)26(28,29)30)25(36)33-10-8-16(9-11-33)19-14-31-21-13-17(27)6-7-18(19)21/h2-8,12-14,31H,9-11H2,1H3. The van der Waals surface area contributed by atoms with E-state index in [0.29, 0.717) is 11.9 Å². The van der Waals surface area contributed by atoms with Gasteiger partial charge in [0, 0.05) is 47.5 Å². The average molecular weight is 496 g/mol. The Bertz CT molecular complexity index is 1580. The number of H-pyrrole nitrogens is 1. The molecule has 1 aliphatic heterocycles. The van der Waals surface area contributed by atoms with Crippen LogP contribution in [0, 0.1) is 12.7 Å². The topological polar surface area (TPSA) is 71.0 Å². The van der Waals surface area contributed by atoms with Crippen LogP contribution in [0.15, 0.2) is 65.6 Å². The lowest BCUT2D eigenvalue weighted by Gasteiger charge is -2.26. The molecular weight excluding hydrogens is 476 g/mol. The number of benzene rings is 2. The second-order valence-electron chi connectivity index (χ2n) is 8.55. The monoisotopic (exact) mass is 496 g/mol. The number of carbonyl (C=O) groups is 1. The van der Waals surface area contributed by atoms with Crippen molar-refractivity contribution in [1.29, 1.82) is 0 Å². The Morgan fingerprint density at radius 2 is 1.89 bits per heavy atom. The first-order valence-corrected chi connectivity index (χ1v) is 11.2. The lowest BCUT2D eigenvalue weighted by Crippen LogP contribution is -2.38. The summed E-state index contributed by atoms with van der Waals surface area (Å²) in [6, 6.07) is 10.4. The summed E-state index contributed by atoms with van der Waals surface area (Å²) in [5, 5.41) is 4.92. The van der Waals surface area contributed by atoms with E-state index in [4.69, 9.17) is 0 Å². The first-order chi connectivity index (χ1) is 17.1. The van der Waals surface area contributed by atoms with Crippen molar-refractivity contribution in [2.24, 2.45) is 0 Å². The quantitative estimate of drug-likeness (QED) is 0.401. The normalized spacial score (nSPS) is 14.2. The minimum absolute atomic E-state index is 0.171. The first-order valence-electron chi connectivity index (χ1n) is 11.2. The van der Waals surface area contributed by atoms with Gasteiger partial charge in [-0.1, -0.05) is 18.2 Å². The van der Waals surface area contributed by atoms with Gasteiger partial charge in [-0.15, -0.1) is 0 Å². The number of aromatic nitrogens is 3. The van der Waals surface area contributed by atoms with Crippen molar-refractivity contribution in [3.05, 3.63) is 99.4 Å². The highest BCUT2D eigenvalue weighted by Crippen LogP contribution is 2.34. The maximum Gasteiger partial charge on any atom is 0.418 e. The molecule has 1 amide bonds. The Morgan fingerprint density at radius 3 is 2.61 bits per heavy atom. The average Bonchev–Trinajstić information content (AvgIpc) is 3.26. The third-order valence-corrected chi connectivity index (χ3v) is 6.23. The number of rotatable bonds is 3. The molecule has 1 N–H and O–H groups in total. The molecule has 0 aliphatic carbocycles. The van der Waals surface area contributed by atoms with Gasteiger partial charge in [0.25, 0.3) is 5.91 Å². The number of alkyl halides is 3. The number of amides is 1. The fraction of sp³-hybridized carbons (Fsp3) is 0.192. The Labute approximate surface area is 202 Å². The van der Waals surface area contributed by atoms with Crippen molar-refractivity contribution in [3.63, 3.8) is 0 Å². The van der Waals surface area contributed by atoms with Crippen LogP contribution >= 0.6 is 0 Å². The van der Waals surface area contributed by atoms with E-state index >= 15 is 0 Å². The van der Waals surface area contributed by atoms with Crippen LogP contribution in [-0.4, -0.2) is 38.7 Å². The van der Waals surface area contributed by atoms with Gasteiger partial charge in [-0.05, 0) is 49.2 Å². The highest BCUT2D eigenvalue weighted by molar-refractivity contribution is 5.95. The molecule has 0 saturated heterocycles. The van der Waals surface area contributed by atoms with E-state index in [1.807, 2.05) is 6.08 Å². The molecule has 184 valence electrons. The van der Waals surface area contributed by atoms with Gasteiger partial charge in [-0.3, -0.25) is 9.59 Å². The zero-order valence-corrected chi connectivity index (χ0v) is 19.1. The number of para-hydroxylation sites is 1. The van der Waals surface area contributed by atoms with Gasteiger partial charge < -0.3 is 9.88 Å². The largest absolute Gasteiger partial charge is 0.418 e. The van der Waals surface area contributed by atoms with Crippen molar-refractivity contribution in [2.75, 3.05) is 13.1 Å². The third kappa shape index (κ3) is 4.19. The Balaban J connectivity index is 1.45. The maximum absolute atomic E-state index is 13.6. The van der Waals surface area contributed by atoms with Crippen LogP contribution in [0.3, 0.4) is 0 Å². The summed E-state index contributed by atoms with van der Waals surface area (Å²) in [7, 11) is 0. The second-order valence-corrected chi connectivity index (χ2v) is 8.55. The molecule has 10 heteroatoms. The molecule has 2 aromatic heterocycles. The Kier molecular flexibility index (Phi) is 5.74. The summed E-state index contributed by atoms with van der Waals surface area (Å²) in [5.74, 6) is -1.01. The van der Waals surface area contributed by atoms with Crippen LogP contribution < -0.4 is 5.43 Å². The molecule has 0 unspecified atom stereocenters. The number of fused-ring (bicyclic) bond motifs is 1. The molecular formula is C26H20F4N4O2. The summed E-state index contributed by atoms with van der Waals surface area (Å²) >= 11 is 0. The van der Waals surface area contributed by atoms with Gasteiger partial charge in [0.05, 0.1) is 11.3 Å². The zero-order valence-electron chi connectivity index (χ0n) is 19.1. The molecule has 0 radical (unpaired) electrons. The van der Waals surface area contributed by atoms with Gasteiger partial charge >= 0.3 is 6.18 Å². The number of carbonyl (C=O) groups excluding carboxylic acids is 1. The number of hydrogen-bond acceptors (Lipinski definition) is 3. The van der Waals surface area contributed by atoms with E-state index in [0.717, 1.165) is 33.3 Å². The fourth-order valence-corrected chi connectivity index (χ4v) is 4.45. The molecule has 0 bridgehead atoms. The predicted octanol–water partition coefficient (Wildman–Crippen LogP) is 5.11. The van der Waals surface area contributed by atoms with E-state index in [1.165, 1.54) is 42.2 Å². The van der Waals surface area contributed by atoms with Crippen molar-refractivity contribution in [2.45, 2.75) is 19.5 Å². The smallest absolute Gasteiger partial charge is 0.360 e. The number of nitrogens with one attached hydrogen (secondary N) is 1. The molecule has 5 rings (SSSR count). The van der Waals surface area contributed by atoms with Crippen LogP contribution in [0.5, 0.6) is 0 Å². The number of nitrogens with zero attached hydrogens (tertiary/aromatic N) is 3. The van der Waals surface area contributed by atoms with E-state index in [9.17, 15) is 27.2 Å². The molecule has 6 nitrogen and oxygen atoms in total. The van der Waals surface area contributed by atoms with Gasteiger partial charge in [-0.2, -0.15) is 18.3 Å². The van der Waals surface area contributed by atoms with Crippen LogP contribution in [0.25, 0.3) is 22.2 Å². The zero-order chi connectivity index (χ0) is 25.6. The lowest BCUT2D eigenvalue weighted by atomic mass is 9.98. The van der Waals surface area contributed by atoms with E-state index in [2.05, 4.69) is 10.1 Å². The SMILES string of the molecule is Cc1cc(=O)c(C(=O)N2CC=C(c3c[nH]c4cc(F)ccc34)CC2)nn1-c1ccccc1C(F)(F)F. The summed E-state index contributed by atoms with van der Waals surface area (Å²) < 4.78 is 55.2. The summed E-state index contributed by atoms with van der Waals surface area (Å²) in [4.78, 5) is 30.3. The number of aryl methyl sites for hydroxylation is 1. The Morgan fingerprint density at radius 1 is 1.11 bits per heavy atom. The Hall–Kier alpha value is -4.21. The lowest BCUT2D eigenvalue weighted by molar-refractivity contribution is -0.137. The number of aromatic amines is 1. The van der Waals surface area contributed by atoms with Crippen LogP contribution in [-0.2, 0) is 6.18 Å².